The van der Waals surface area contributed by atoms with Gasteiger partial charge in [0, 0.05) is 35.6 Å². The summed E-state index contributed by atoms with van der Waals surface area (Å²) in [5.74, 6) is 0.942. The first kappa shape index (κ1) is 21.2. The fraction of sp³-hybridized carbons (Fsp3) is 0.333. The molecule has 2 aromatic rings. The SMILES string of the molecule is COc1ccc([C@H]2CC(=O)N(c3ccccc3Cl)C3=C2C(=O)CCC3)c(OC)c1OC. The molecule has 0 unspecified atom stereocenters. The molecule has 4 rings (SSSR count). The molecule has 162 valence electrons. The first-order valence-electron chi connectivity index (χ1n) is 10.1. The standard InChI is InChI=1S/C24H24ClNO5/c1-29-20-12-11-14(23(30-2)24(20)31-3)15-13-21(28)26(17-8-5-4-7-16(17)25)18-9-6-10-19(27)22(15)18/h4-5,7-8,11-12,15H,6,9-10,13H2,1-3H3/t15-/m1/s1. The smallest absolute Gasteiger partial charge is 0.232 e. The molecule has 1 atom stereocenters. The zero-order chi connectivity index (χ0) is 22.1. The summed E-state index contributed by atoms with van der Waals surface area (Å²) in [5.41, 5.74) is 2.71. The van der Waals surface area contributed by atoms with E-state index in [1.165, 1.54) is 7.11 Å². The topological polar surface area (TPSA) is 65.1 Å². The summed E-state index contributed by atoms with van der Waals surface area (Å²) in [6.45, 7) is 0. The van der Waals surface area contributed by atoms with Crippen LogP contribution in [0.2, 0.25) is 5.02 Å². The van der Waals surface area contributed by atoms with Crippen LogP contribution >= 0.6 is 11.6 Å². The molecule has 0 N–H and O–H groups in total. The molecule has 6 nitrogen and oxygen atoms in total. The van der Waals surface area contributed by atoms with Gasteiger partial charge < -0.3 is 14.2 Å². The van der Waals surface area contributed by atoms with Crippen molar-refractivity contribution in [2.24, 2.45) is 0 Å². The third kappa shape index (κ3) is 3.55. The van der Waals surface area contributed by atoms with Gasteiger partial charge >= 0.3 is 0 Å². The molecule has 0 fully saturated rings. The highest BCUT2D eigenvalue weighted by atomic mass is 35.5. The minimum atomic E-state index is -0.427. The molecule has 1 heterocycles. The number of allylic oxidation sites excluding steroid dienone is 2. The maximum atomic E-state index is 13.4. The number of methoxy groups -OCH3 is 3. The maximum absolute atomic E-state index is 13.4. The van der Waals surface area contributed by atoms with Crippen molar-refractivity contribution in [3.8, 4) is 17.2 Å². The highest BCUT2D eigenvalue weighted by Gasteiger charge is 2.41. The minimum Gasteiger partial charge on any atom is -0.493 e. The molecule has 31 heavy (non-hydrogen) atoms. The second kappa shape index (κ2) is 8.63. The Kier molecular flexibility index (Phi) is 5.92. The van der Waals surface area contributed by atoms with Crippen LogP contribution in [0.4, 0.5) is 5.69 Å². The Hall–Kier alpha value is -2.99. The largest absolute Gasteiger partial charge is 0.493 e. The summed E-state index contributed by atoms with van der Waals surface area (Å²) in [4.78, 5) is 28.2. The van der Waals surface area contributed by atoms with E-state index in [2.05, 4.69) is 0 Å². The number of anilines is 1. The van der Waals surface area contributed by atoms with Crippen LogP contribution in [-0.2, 0) is 9.59 Å². The molecule has 0 radical (unpaired) electrons. The van der Waals surface area contributed by atoms with Crippen LogP contribution in [0.5, 0.6) is 17.2 Å². The lowest BCUT2D eigenvalue weighted by molar-refractivity contribution is -0.119. The van der Waals surface area contributed by atoms with Gasteiger partial charge in [-0.3, -0.25) is 14.5 Å². The van der Waals surface area contributed by atoms with Crippen molar-refractivity contribution in [1.82, 2.24) is 0 Å². The highest BCUT2D eigenvalue weighted by Crippen LogP contribution is 2.50. The quantitative estimate of drug-likeness (QED) is 0.660. The molecule has 1 aliphatic heterocycles. The molecule has 7 heteroatoms. The molecule has 0 spiro atoms. The van der Waals surface area contributed by atoms with Gasteiger partial charge in [0.25, 0.3) is 0 Å². The fourth-order valence-corrected chi connectivity index (χ4v) is 4.79. The molecule has 0 saturated heterocycles. The number of carbonyl (C=O) groups excluding carboxylic acids is 2. The molecular weight excluding hydrogens is 418 g/mol. The Morgan fingerprint density at radius 1 is 0.935 bits per heavy atom. The lowest BCUT2D eigenvalue weighted by atomic mass is 9.76. The Morgan fingerprint density at radius 3 is 2.35 bits per heavy atom. The van der Waals surface area contributed by atoms with Gasteiger partial charge in [-0.2, -0.15) is 0 Å². The Morgan fingerprint density at radius 2 is 1.68 bits per heavy atom. The number of hydrogen-bond donors (Lipinski definition) is 0. The number of Topliss-reactive ketones (excluding diaryl/α,β-unsaturated/α-hetero) is 1. The number of carbonyl (C=O) groups is 2. The molecule has 0 bridgehead atoms. The van der Waals surface area contributed by atoms with Gasteiger partial charge in [-0.25, -0.2) is 0 Å². The molecule has 2 aromatic carbocycles. The van der Waals surface area contributed by atoms with E-state index in [0.717, 1.165) is 11.3 Å². The van der Waals surface area contributed by atoms with Crippen molar-refractivity contribution in [1.29, 1.82) is 0 Å². The van der Waals surface area contributed by atoms with E-state index in [1.807, 2.05) is 18.2 Å². The van der Waals surface area contributed by atoms with Gasteiger partial charge in [-0.1, -0.05) is 29.8 Å². The van der Waals surface area contributed by atoms with Crippen LogP contribution in [0.25, 0.3) is 0 Å². The summed E-state index contributed by atoms with van der Waals surface area (Å²) in [6, 6.07) is 10.8. The monoisotopic (exact) mass is 441 g/mol. The van der Waals surface area contributed by atoms with Crippen molar-refractivity contribution in [3.63, 3.8) is 0 Å². The first-order chi connectivity index (χ1) is 15.0. The van der Waals surface area contributed by atoms with Crippen molar-refractivity contribution >= 4 is 29.0 Å². The van der Waals surface area contributed by atoms with Gasteiger partial charge in [-0.05, 0) is 31.0 Å². The zero-order valence-corrected chi connectivity index (χ0v) is 18.5. The Balaban J connectivity index is 1.92. The number of para-hydroxylation sites is 1. The number of nitrogens with zero attached hydrogens (tertiary/aromatic N) is 1. The number of ketones is 1. The number of benzene rings is 2. The van der Waals surface area contributed by atoms with Crippen molar-refractivity contribution in [3.05, 3.63) is 58.3 Å². The van der Waals surface area contributed by atoms with E-state index >= 15 is 0 Å². The molecule has 0 aromatic heterocycles. The van der Waals surface area contributed by atoms with E-state index in [1.54, 1.807) is 37.3 Å². The second-order valence-corrected chi connectivity index (χ2v) is 7.91. The van der Waals surface area contributed by atoms with Crippen LogP contribution < -0.4 is 19.1 Å². The number of halogens is 1. The van der Waals surface area contributed by atoms with Crippen LogP contribution in [0.3, 0.4) is 0 Å². The number of ether oxygens (including phenoxy) is 3. The predicted octanol–water partition coefficient (Wildman–Crippen LogP) is 4.89. The molecule has 1 amide bonds. The molecule has 0 saturated carbocycles. The fourth-order valence-electron chi connectivity index (χ4n) is 4.57. The minimum absolute atomic E-state index is 0.0487. The number of rotatable bonds is 5. The van der Waals surface area contributed by atoms with E-state index in [-0.39, 0.29) is 18.1 Å². The Labute approximate surface area is 186 Å². The van der Waals surface area contributed by atoms with Gasteiger partial charge in [0.15, 0.2) is 17.3 Å². The van der Waals surface area contributed by atoms with Gasteiger partial charge in [0.05, 0.1) is 32.0 Å². The Bertz CT molecular complexity index is 1080. The van der Waals surface area contributed by atoms with Gasteiger partial charge in [0.1, 0.15) is 0 Å². The van der Waals surface area contributed by atoms with Crippen LogP contribution in [0.1, 0.15) is 37.2 Å². The predicted molar refractivity (Wildman–Crippen MR) is 118 cm³/mol. The number of amides is 1. The van der Waals surface area contributed by atoms with Gasteiger partial charge in [0.2, 0.25) is 11.7 Å². The third-order valence-electron chi connectivity index (χ3n) is 5.88. The lowest BCUT2D eigenvalue weighted by Gasteiger charge is -2.39. The lowest BCUT2D eigenvalue weighted by Crippen LogP contribution is -2.40. The summed E-state index contributed by atoms with van der Waals surface area (Å²) in [6.07, 6.45) is 1.91. The summed E-state index contributed by atoms with van der Waals surface area (Å²) in [5, 5.41) is 0.475. The van der Waals surface area contributed by atoms with Crippen LogP contribution in [0.15, 0.2) is 47.7 Å². The summed E-state index contributed by atoms with van der Waals surface area (Å²) in [7, 11) is 4.62. The van der Waals surface area contributed by atoms with E-state index in [0.29, 0.717) is 52.8 Å². The summed E-state index contributed by atoms with van der Waals surface area (Å²) < 4.78 is 16.6. The summed E-state index contributed by atoms with van der Waals surface area (Å²) >= 11 is 6.41. The third-order valence-corrected chi connectivity index (χ3v) is 6.20. The maximum Gasteiger partial charge on any atom is 0.232 e. The van der Waals surface area contributed by atoms with E-state index in [9.17, 15) is 9.59 Å². The van der Waals surface area contributed by atoms with E-state index < -0.39 is 5.92 Å². The molecular formula is C24H24ClNO5. The van der Waals surface area contributed by atoms with Crippen LogP contribution in [-0.4, -0.2) is 33.0 Å². The van der Waals surface area contributed by atoms with Crippen molar-refractivity contribution < 1.29 is 23.8 Å². The highest BCUT2D eigenvalue weighted by molar-refractivity contribution is 6.34. The van der Waals surface area contributed by atoms with E-state index in [4.69, 9.17) is 25.8 Å². The zero-order valence-electron chi connectivity index (χ0n) is 17.7. The first-order valence-corrected chi connectivity index (χ1v) is 10.5. The number of hydrogen-bond acceptors (Lipinski definition) is 5. The second-order valence-electron chi connectivity index (χ2n) is 7.50. The van der Waals surface area contributed by atoms with Crippen molar-refractivity contribution in [2.75, 3.05) is 26.2 Å². The van der Waals surface area contributed by atoms with Gasteiger partial charge in [-0.15, -0.1) is 0 Å². The van der Waals surface area contributed by atoms with Crippen LogP contribution in [0, 0.1) is 0 Å². The molecule has 2 aliphatic rings. The molecule has 1 aliphatic carbocycles. The normalized spacial score (nSPS) is 18.7. The van der Waals surface area contributed by atoms with Crippen molar-refractivity contribution in [2.45, 2.75) is 31.6 Å². The average Bonchev–Trinajstić information content (AvgIpc) is 2.78. The average molecular weight is 442 g/mol.